The van der Waals surface area contributed by atoms with Gasteiger partial charge < -0.3 is 19.9 Å². The number of nitrogens with one attached hydrogen (secondary N) is 1. The number of rotatable bonds is 4. The fourth-order valence-electron chi connectivity index (χ4n) is 4.03. The van der Waals surface area contributed by atoms with E-state index in [1.165, 1.54) is 31.4 Å². The normalized spacial score (nSPS) is 23.9. The molecule has 3 aliphatic rings. The van der Waals surface area contributed by atoms with Gasteiger partial charge in [-0.25, -0.2) is 0 Å². The van der Waals surface area contributed by atoms with Crippen LogP contribution >= 0.6 is 0 Å². The fourth-order valence-corrected chi connectivity index (χ4v) is 4.03. The number of carbonyl (C=O) groups is 1. The Labute approximate surface area is 144 Å². The molecule has 5 heteroatoms. The Morgan fingerprint density at radius 1 is 1.00 bits per heavy atom. The molecule has 3 heterocycles. The van der Waals surface area contributed by atoms with Gasteiger partial charge in [0.05, 0.1) is 11.4 Å². The van der Waals surface area contributed by atoms with Crippen LogP contribution in [0.2, 0.25) is 0 Å². The van der Waals surface area contributed by atoms with Crippen molar-refractivity contribution in [3.63, 3.8) is 0 Å². The minimum Gasteiger partial charge on any atom is -0.371 e. The number of ether oxygens (including phenoxy) is 1. The van der Waals surface area contributed by atoms with E-state index in [4.69, 9.17) is 4.74 Å². The van der Waals surface area contributed by atoms with Crippen molar-refractivity contribution in [1.29, 1.82) is 0 Å². The molecule has 0 saturated carbocycles. The van der Waals surface area contributed by atoms with Crippen LogP contribution < -0.4 is 15.1 Å². The highest BCUT2D eigenvalue weighted by atomic mass is 16.5. The number of hydrogen-bond acceptors (Lipinski definition) is 4. The van der Waals surface area contributed by atoms with Gasteiger partial charge in [-0.15, -0.1) is 0 Å². The van der Waals surface area contributed by atoms with Crippen LogP contribution in [-0.4, -0.2) is 44.8 Å². The molecule has 0 aliphatic carbocycles. The third-order valence-corrected chi connectivity index (χ3v) is 5.38. The van der Waals surface area contributed by atoms with Gasteiger partial charge in [-0.1, -0.05) is 0 Å². The van der Waals surface area contributed by atoms with Crippen molar-refractivity contribution in [2.75, 3.05) is 47.9 Å². The first kappa shape index (κ1) is 15.8. The molecule has 1 atom stereocenters. The highest BCUT2D eigenvalue weighted by Gasteiger charge is 2.26. The summed E-state index contributed by atoms with van der Waals surface area (Å²) in [4.78, 5) is 17.3. The molecule has 1 N–H and O–H groups in total. The van der Waals surface area contributed by atoms with Gasteiger partial charge in [0.1, 0.15) is 6.10 Å². The van der Waals surface area contributed by atoms with E-state index in [-0.39, 0.29) is 12.0 Å². The molecule has 3 saturated heterocycles. The molecule has 5 nitrogen and oxygen atoms in total. The Morgan fingerprint density at radius 3 is 2.38 bits per heavy atom. The zero-order chi connectivity index (χ0) is 16.4. The Bertz CT molecular complexity index is 586. The fraction of sp³-hybridized carbons (Fsp3) is 0.632. The summed E-state index contributed by atoms with van der Waals surface area (Å²) in [5.74, 6) is 0.00604. The molecule has 130 valence electrons. The molecule has 4 rings (SSSR count). The molecule has 1 aromatic carbocycles. The molecule has 0 spiro atoms. The summed E-state index contributed by atoms with van der Waals surface area (Å²) in [6, 6.07) is 6.55. The predicted octanol–water partition coefficient (Wildman–Crippen LogP) is 3.00. The maximum atomic E-state index is 12.5. The summed E-state index contributed by atoms with van der Waals surface area (Å²) in [6.45, 7) is 5.08. The van der Waals surface area contributed by atoms with Crippen LogP contribution in [0.15, 0.2) is 18.2 Å². The monoisotopic (exact) mass is 329 g/mol. The van der Waals surface area contributed by atoms with E-state index in [9.17, 15) is 4.79 Å². The van der Waals surface area contributed by atoms with Crippen LogP contribution in [0.3, 0.4) is 0 Å². The third-order valence-electron chi connectivity index (χ3n) is 5.38. The lowest BCUT2D eigenvalue weighted by Gasteiger charge is -2.25. The van der Waals surface area contributed by atoms with Crippen LogP contribution in [0.4, 0.5) is 17.1 Å². The third kappa shape index (κ3) is 3.22. The van der Waals surface area contributed by atoms with Crippen LogP contribution in [0.25, 0.3) is 0 Å². The van der Waals surface area contributed by atoms with E-state index in [0.29, 0.717) is 6.61 Å². The van der Waals surface area contributed by atoms with Gasteiger partial charge in [0.25, 0.3) is 5.91 Å². The molecule has 1 unspecified atom stereocenters. The predicted molar refractivity (Wildman–Crippen MR) is 96.9 cm³/mol. The van der Waals surface area contributed by atoms with Crippen molar-refractivity contribution in [2.45, 2.75) is 44.6 Å². The van der Waals surface area contributed by atoms with Crippen molar-refractivity contribution in [3.8, 4) is 0 Å². The number of anilines is 3. The van der Waals surface area contributed by atoms with Crippen molar-refractivity contribution < 1.29 is 9.53 Å². The molecule has 1 amide bonds. The summed E-state index contributed by atoms with van der Waals surface area (Å²) in [7, 11) is 0. The van der Waals surface area contributed by atoms with Crippen LogP contribution in [-0.2, 0) is 9.53 Å². The van der Waals surface area contributed by atoms with Gasteiger partial charge in [0, 0.05) is 38.5 Å². The molecule has 24 heavy (non-hydrogen) atoms. The molecular weight excluding hydrogens is 302 g/mol. The highest BCUT2D eigenvalue weighted by Crippen LogP contribution is 2.34. The minimum absolute atomic E-state index is 0.00604. The highest BCUT2D eigenvalue weighted by molar-refractivity contribution is 5.98. The number of nitrogens with zero attached hydrogens (tertiary/aromatic N) is 2. The number of benzene rings is 1. The topological polar surface area (TPSA) is 44.8 Å². The lowest BCUT2D eigenvalue weighted by molar-refractivity contribution is -0.124. The molecular formula is C19H27N3O2. The first-order valence-corrected chi connectivity index (χ1v) is 9.38. The average Bonchev–Trinajstić information content (AvgIpc) is 3.37. The molecule has 3 fully saturated rings. The maximum absolute atomic E-state index is 12.5. The summed E-state index contributed by atoms with van der Waals surface area (Å²) in [5.41, 5.74) is 3.32. The Kier molecular flexibility index (Phi) is 4.60. The van der Waals surface area contributed by atoms with Gasteiger partial charge in [-0.3, -0.25) is 4.79 Å². The zero-order valence-corrected chi connectivity index (χ0v) is 14.3. The van der Waals surface area contributed by atoms with Gasteiger partial charge in [-0.2, -0.15) is 0 Å². The Balaban J connectivity index is 1.59. The molecule has 0 aromatic heterocycles. The number of hydrogen-bond donors (Lipinski definition) is 1. The van der Waals surface area contributed by atoms with Gasteiger partial charge >= 0.3 is 0 Å². The number of amides is 1. The van der Waals surface area contributed by atoms with Crippen LogP contribution in [0.5, 0.6) is 0 Å². The largest absolute Gasteiger partial charge is 0.371 e. The van der Waals surface area contributed by atoms with Gasteiger partial charge in [0.15, 0.2) is 0 Å². The van der Waals surface area contributed by atoms with Crippen molar-refractivity contribution in [2.24, 2.45) is 0 Å². The molecule has 1 aromatic rings. The summed E-state index contributed by atoms with van der Waals surface area (Å²) < 4.78 is 5.55. The van der Waals surface area contributed by atoms with Crippen molar-refractivity contribution in [1.82, 2.24) is 0 Å². The first-order valence-electron chi connectivity index (χ1n) is 9.38. The standard InChI is InChI=1S/C19H27N3O2/c23-19(18-6-5-13-24-18)20-16-14-15(21-9-1-2-10-21)7-8-17(16)22-11-3-4-12-22/h7-8,14,18H,1-6,9-13H2,(H,20,23). The zero-order valence-electron chi connectivity index (χ0n) is 14.3. The summed E-state index contributed by atoms with van der Waals surface area (Å²) >= 11 is 0. The van der Waals surface area contributed by atoms with E-state index in [0.717, 1.165) is 50.4 Å². The van der Waals surface area contributed by atoms with Crippen LogP contribution in [0.1, 0.15) is 38.5 Å². The minimum atomic E-state index is -0.285. The lowest BCUT2D eigenvalue weighted by Crippen LogP contribution is -2.29. The number of carbonyl (C=O) groups excluding carboxylic acids is 1. The van der Waals surface area contributed by atoms with E-state index in [2.05, 4.69) is 33.3 Å². The van der Waals surface area contributed by atoms with E-state index < -0.39 is 0 Å². The quantitative estimate of drug-likeness (QED) is 0.922. The van der Waals surface area contributed by atoms with Crippen molar-refractivity contribution >= 4 is 23.0 Å². The van der Waals surface area contributed by atoms with Gasteiger partial charge in [0.2, 0.25) is 0 Å². The maximum Gasteiger partial charge on any atom is 0.253 e. The van der Waals surface area contributed by atoms with Crippen molar-refractivity contribution in [3.05, 3.63) is 18.2 Å². The van der Waals surface area contributed by atoms with E-state index in [1.807, 2.05) is 0 Å². The molecule has 0 radical (unpaired) electrons. The SMILES string of the molecule is O=C(Nc1cc(N2CCCC2)ccc1N1CCCC1)C1CCCO1. The smallest absolute Gasteiger partial charge is 0.253 e. The average molecular weight is 329 g/mol. The molecule has 0 bridgehead atoms. The summed E-state index contributed by atoms with van der Waals surface area (Å²) in [6.07, 6.45) is 6.49. The summed E-state index contributed by atoms with van der Waals surface area (Å²) in [5, 5.41) is 3.16. The second-order valence-corrected chi connectivity index (χ2v) is 7.08. The first-order chi connectivity index (χ1) is 11.8. The van der Waals surface area contributed by atoms with E-state index in [1.54, 1.807) is 0 Å². The van der Waals surface area contributed by atoms with Crippen LogP contribution in [0, 0.1) is 0 Å². The Hall–Kier alpha value is -1.75. The second kappa shape index (κ2) is 7.01. The second-order valence-electron chi connectivity index (χ2n) is 7.08. The van der Waals surface area contributed by atoms with E-state index >= 15 is 0 Å². The molecule has 3 aliphatic heterocycles. The Morgan fingerprint density at radius 2 is 1.71 bits per heavy atom. The lowest BCUT2D eigenvalue weighted by atomic mass is 10.1. The van der Waals surface area contributed by atoms with Gasteiger partial charge in [-0.05, 0) is 56.7 Å².